The molecule has 3 N–H and O–H groups in total. The van der Waals surface area contributed by atoms with Crippen LogP contribution in [0.25, 0.3) is 0 Å². The third-order valence-corrected chi connectivity index (χ3v) is 5.73. The fourth-order valence-electron chi connectivity index (χ4n) is 3.40. The molecule has 0 aromatic heterocycles. The Hall–Kier alpha value is -1.52. The summed E-state index contributed by atoms with van der Waals surface area (Å²) in [7, 11) is -4.40. The molecule has 1 aliphatic carbocycles. The van der Waals surface area contributed by atoms with Crippen LogP contribution in [-0.2, 0) is 11.0 Å². The molecule has 0 saturated heterocycles. The molecule has 2 aromatic carbocycles. The summed E-state index contributed by atoms with van der Waals surface area (Å²) in [6, 6.07) is 13.5. The van der Waals surface area contributed by atoms with Crippen LogP contribution < -0.4 is 5.32 Å². The van der Waals surface area contributed by atoms with Crippen LogP contribution in [0.15, 0.2) is 48.5 Å². The van der Waals surface area contributed by atoms with Gasteiger partial charge in [-0.2, -0.15) is 0 Å². The molecule has 0 spiro atoms. The Morgan fingerprint density at radius 2 is 1.88 bits per heavy atom. The Balaban J connectivity index is 1.78. The van der Waals surface area contributed by atoms with Crippen molar-refractivity contribution < 1.29 is 18.7 Å². The minimum absolute atomic E-state index is 0.226. The van der Waals surface area contributed by atoms with Gasteiger partial charge in [-0.25, -0.2) is 4.39 Å². The molecule has 6 heteroatoms. The molecule has 4 nitrogen and oxygen atoms in total. The molecule has 3 rings (SSSR count). The maximum absolute atomic E-state index is 13.1. The highest BCUT2D eigenvalue weighted by Gasteiger charge is 2.31. The van der Waals surface area contributed by atoms with Crippen LogP contribution >= 0.6 is 7.60 Å². The Morgan fingerprint density at radius 3 is 2.58 bits per heavy atom. The molecule has 0 aliphatic heterocycles. The highest BCUT2D eigenvalue weighted by Crippen LogP contribution is 2.50. The maximum atomic E-state index is 13.1. The standard InChI is InChI=1S/C18H21FNO3P/c19-16-10-8-14(9-11-16)18(24(21,22)23)20-12-15-6-3-5-13-4-1-2-7-17(13)15/h1-2,4,7-11,15,18,20H,3,5-6,12H2,(H2,21,22,23)/t15-,18+/m0/s1. The molecule has 24 heavy (non-hydrogen) atoms. The molecule has 0 amide bonds. The van der Waals surface area contributed by atoms with Gasteiger partial charge < -0.3 is 9.79 Å². The first-order valence-corrected chi connectivity index (χ1v) is 9.75. The van der Waals surface area contributed by atoms with Crippen LogP contribution in [-0.4, -0.2) is 16.3 Å². The van der Waals surface area contributed by atoms with E-state index in [0.29, 0.717) is 12.1 Å². The normalized spacial score (nSPS) is 18.9. The van der Waals surface area contributed by atoms with Gasteiger partial charge in [-0.3, -0.25) is 9.88 Å². The van der Waals surface area contributed by atoms with E-state index in [1.54, 1.807) is 0 Å². The van der Waals surface area contributed by atoms with Crippen molar-refractivity contribution in [3.05, 3.63) is 71.0 Å². The van der Waals surface area contributed by atoms with Gasteiger partial charge in [-0.05, 0) is 54.0 Å². The molecule has 0 radical (unpaired) electrons. The molecular weight excluding hydrogens is 328 g/mol. The second-order valence-electron chi connectivity index (χ2n) is 6.24. The topological polar surface area (TPSA) is 69.6 Å². The number of fused-ring (bicyclic) bond motifs is 1. The van der Waals surface area contributed by atoms with E-state index in [-0.39, 0.29) is 5.92 Å². The molecule has 0 heterocycles. The van der Waals surface area contributed by atoms with Gasteiger partial charge in [0.25, 0.3) is 0 Å². The van der Waals surface area contributed by atoms with E-state index >= 15 is 0 Å². The monoisotopic (exact) mass is 349 g/mol. The highest BCUT2D eigenvalue weighted by atomic mass is 31.2. The molecule has 0 saturated carbocycles. The van der Waals surface area contributed by atoms with Gasteiger partial charge in [0.1, 0.15) is 11.6 Å². The van der Waals surface area contributed by atoms with Gasteiger partial charge in [0.2, 0.25) is 0 Å². The van der Waals surface area contributed by atoms with E-state index in [1.807, 2.05) is 12.1 Å². The van der Waals surface area contributed by atoms with Crippen molar-refractivity contribution in [3.63, 3.8) is 0 Å². The Labute approximate surface area is 140 Å². The fourth-order valence-corrected chi connectivity index (χ4v) is 4.30. The number of halogens is 1. The van der Waals surface area contributed by atoms with Gasteiger partial charge in [0.15, 0.2) is 0 Å². The van der Waals surface area contributed by atoms with Crippen molar-refractivity contribution in [3.8, 4) is 0 Å². The van der Waals surface area contributed by atoms with Crippen molar-refractivity contribution >= 4 is 7.60 Å². The summed E-state index contributed by atoms with van der Waals surface area (Å²) in [5, 5.41) is 3.02. The van der Waals surface area contributed by atoms with Crippen LogP contribution in [0, 0.1) is 5.82 Å². The average Bonchev–Trinajstić information content (AvgIpc) is 2.55. The predicted octanol–water partition coefficient (Wildman–Crippen LogP) is 3.71. The lowest BCUT2D eigenvalue weighted by Crippen LogP contribution is -2.28. The molecule has 128 valence electrons. The predicted molar refractivity (Wildman–Crippen MR) is 91.3 cm³/mol. The zero-order valence-corrected chi connectivity index (χ0v) is 14.1. The largest absolute Gasteiger partial charge is 0.346 e. The van der Waals surface area contributed by atoms with Gasteiger partial charge in [0.05, 0.1) is 0 Å². The molecule has 0 bridgehead atoms. The minimum Gasteiger partial charge on any atom is -0.323 e. The number of nitrogens with one attached hydrogen (secondary N) is 1. The van der Waals surface area contributed by atoms with E-state index < -0.39 is 19.2 Å². The zero-order chi connectivity index (χ0) is 17.2. The number of rotatable bonds is 5. The summed E-state index contributed by atoms with van der Waals surface area (Å²) < 4.78 is 24.9. The fraction of sp³-hybridized carbons (Fsp3) is 0.333. The van der Waals surface area contributed by atoms with Gasteiger partial charge >= 0.3 is 7.60 Å². The van der Waals surface area contributed by atoms with Crippen molar-refractivity contribution in [2.24, 2.45) is 0 Å². The number of hydrogen-bond donors (Lipinski definition) is 3. The first kappa shape index (κ1) is 17.3. The minimum atomic E-state index is -4.40. The Morgan fingerprint density at radius 1 is 1.17 bits per heavy atom. The average molecular weight is 349 g/mol. The smallest absolute Gasteiger partial charge is 0.323 e. The van der Waals surface area contributed by atoms with Crippen LogP contribution in [0.5, 0.6) is 0 Å². The number of benzene rings is 2. The Kier molecular flexibility index (Phi) is 5.16. The van der Waals surface area contributed by atoms with Crippen molar-refractivity contribution in [1.29, 1.82) is 0 Å². The van der Waals surface area contributed by atoms with Crippen molar-refractivity contribution in [1.82, 2.24) is 5.32 Å². The second kappa shape index (κ2) is 7.16. The Bertz CT molecular complexity index is 744. The summed E-state index contributed by atoms with van der Waals surface area (Å²) in [6.45, 7) is 0.476. The van der Waals surface area contributed by atoms with Gasteiger partial charge in [0, 0.05) is 6.54 Å². The lowest BCUT2D eigenvalue weighted by atomic mass is 9.83. The third kappa shape index (κ3) is 3.93. The molecule has 2 atom stereocenters. The SMILES string of the molecule is O=P(O)(O)[C@@H](NC[C@@H]1CCCc2ccccc21)c1ccc(F)cc1. The summed E-state index contributed by atoms with van der Waals surface area (Å²) in [5.74, 6) is -1.32. The van der Waals surface area contributed by atoms with Crippen LogP contribution in [0.1, 0.15) is 41.2 Å². The summed E-state index contributed by atoms with van der Waals surface area (Å²) in [4.78, 5) is 19.4. The van der Waals surface area contributed by atoms with Crippen molar-refractivity contribution in [2.75, 3.05) is 6.54 Å². The van der Waals surface area contributed by atoms with Gasteiger partial charge in [-0.1, -0.05) is 36.4 Å². The van der Waals surface area contributed by atoms with E-state index in [4.69, 9.17) is 0 Å². The molecule has 1 aliphatic rings. The van der Waals surface area contributed by atoms with Gasteiger partial charge in [-0.15, -0.1) is 0 Å². The maximum Gasteiger partial charge on any atom is 0.346 e. The first-order chi connectivity index (χ1) is 11.4. The molecule has 2 aromatic rings. The van der Waals surface area contributed by atoms with E-state index in [0.717, 1.165) is 19.3 Å². The molecule has 0 fully saturated rings. The van der Waals surface area contributed by atoms with Crippen molar-refractivity contribution in [2.45, 2.75) is 31.0 Å². The lowest BCUT2D eigenvalue weighted by molar-refractivity contribution is 0.344. The quantitative estimate of drug-likeness (QED) is 0.720. The summed E-state index contributed by atoms with van der Waals surface area (Å²) >= 11 is 0. The van der Waals surface area contributed by atoms with E-state index in [1.165, 1.54) is 35.4 Å². The van der Waals surface area contributed by atoms with Crippen LogP contribution in [0.4, 0.5) is 4.39 Å². The van der Waals surface area contributed by atoms with E-state index in [9.17, 15) is 18.7 Å². The highest BCUT2D eigenvalue weighted by molar-refractivity contribution is 7.52. The molecule has 0 unspecified atom stereocenters. The van der Waals surface area contributed by atoms with Crippen LogP contribution in [0.3, 0.4) is 0 Å². The molecular formula is C18H21FNO3P. The first-order valence-electron chi connectivity index (χ1n) is 8.07. The van der Waals surface area contributed by atoms with E-state index in [2.05, 4.69) is 17.4 Å². The summed E-state index contributed by atoms with van der Waals surface area (Å²) in [6.07, 6.45) is 3.11. The number of hydrogen-bond acceptors (Lipinski definition) is 2. The lowest BCUT2D eigenvalue weighted by Gasteiger charge is -2.28. The van der Waals surface area contributed by atoms with Crippen LogP contribution in [0.2, 0.25) is 0 Å². The second-order valence-corrected chi connectivity index (χ2v) is 7.93. The summed E-state index contributed by atoms with van der Waals surface area (Å²) in [5.41, 5.74) is 2.96. The third-order valence-electron chi connectivity index (χ3n) is 4.57. The number of aryl methyl sites for hydroxylation is 1. The zero-order valence-electron chi connectivity index (χ0n) is 13.2.